The molecule has 0 aliphatic carbocycles. The maximum Gasteiger partial charge on any atom is 0.408 e. The van der Waals surface area contributed by atoms with Gasteiger partial charge in [-0.25, -0.2) is 4.79 Å². The highest BCUT2D eigenvalue weighted by atomic mass is 35.5. The van der Waals surface area contributed by atoms with Crippen LogP contribution in [0.5, 0.6) is 5.75 Å². The molecule has 3 N–H and O–H groups in total. The van der Waals surface area contributed by atoms with Gasteiger partial charge in [-0.15, -0.1) is 0 Å². The van der Waals surface area contributed by atoms with Crippen LogP contribution >= 0.6 is 11.6 Å². The lowest BCUT2D eigenvalue weighted by atomic mass is 10.00. The molecule has 0 fully saturated rings. The molecule has 1 unspecified atom stereocenters. The van der Waals surface area contributed by atoms with E-state index in [-0.39, 0.29) is 13.0 Å². The summed E-state index contributed by atoms with van der Waals surface area (Å²) in [5, 5.41) is 16.4. The number of carbonyl (C=O) groups excluding carboxylic acids is 2. The van der Waals surface area contributed by atoms with Crippen molar-refractivity contribution in [3.8, 4) is 5.75 Å². The van der Waals surface area contributed by atoms with Gasteiger partial charge in [-0.05, 0) is 34.9 Å². The van der Waals surface area contributed by atoms with E-state index in [1.807, 2.05) is 60.7 Å². The van der Waals surface area contributed by atoms with Crippen LogP contribution in [0.2, 0.25) is 5.02 Å². The van der Waals surface area contributed by atoms with Crippen molar-refractivity contribution in [2.75, 3.05) is 0 Å². The summed E-state index contributed by atoms with van der Waals surface area (Å²) in [4.78, 5) is 25.7. The van der Waals surface area contributed by atoms with Gasteiger partial charge in [0.1, 0.15) is 18.4 Å². The number of ether oxygens (including phenoxy) is 2. The topological polar surface area (TPSA) is 96.9 Å². The number of amides is 2. The number of fused-ring (bicyclic) bond motifs is 1. The number of alkyl carbamates (subject to hydrolysis) is 1. The lowest BCUT2D eigenvalue weighted by Crippen LogP contribution is -2.56. The van der Waals surface area contributed by atoms with Crippen molar-refractivity contribution >= 4 is 23.6 Å². The lowest BCUT2D eigenvalue weighted by molar-refractivity contribution is -0.128. The molecule has 34 heavy (non-hydrogen) atoms. The van der Waals surface area contributed by atoms with Gasteiger partial charge >= 0.3 is 6.09 Å². The van der Waals surface area contributed by atoms with Crippen LogP contribution in [0.1, 0.15) is 16.7 Å². The molecule has 1 aliphatic heterocycles. The summed E-state index contributed by atoms with van der Waals surface area (Å²) in [6.07, 6.45) is -1.36. The zero-order valence-corrected chi connectivity index (χ0v) is 19.1. The second kappa shape index (κ2) is 11.0. The van der Waals surface area contributed by atoms with E-state index < -0.39 is 30.4 Å². The molecular formula is C26H25ClN2O5. The summed E-state index contributed by atoms with van der Waals surface area (Å²) in [5.41, 5.74) is 2.48. The third-order valence-electron chi connectivity index (χ3n) is 5.49. The fourth-order valence-electron chi connectivity index (χ4n) is 3.74. The standard InChI is InChI=1S/C26H25ClN2O5/c27-20-11-12-23-19(14-20)15-22(25(31)34-23)28-24(30)21(13-17-7-3-1-4-8-17)29-26(32)33-16-18-9-5-2-6-10-18/h1-12,14,21-22,25,31H,13,15-16H2,(H,28,30)(H,29,32)/t21-,22-,25?/m0/s1. The molecule has 3 atom stereocenters. The van der Waals surface area contributed by atoms with E-state index in [1.54, 1.807) is 18.2 Å². The molecule has 0 radical (unpaired) electrons. The van der Waals surface area contributed by atoms with Crippen molar-refractivity contribution in [1.29, 1.82) is 0 Å². The van der Waals surface area contributed by atoms with Gasteiger partial charge in [0.15, 0.2) is 0 Å². The van der Waals surface area contributed by atoms with Crippen molar-refractivity contribution < 1.29 is 24.2 Å². The Balaban J connectivity index is 1.43. The molecule has 2 amide bonds. The normalized spacial score (nSPS) is 17.6. The van der Waals surface area contributed by atoms with E-state index in [1.165, 1.54) is 0 Å². The van der Waals surface area contributed by atoms with Crippen molar-refractivity contribution in [3.63, 3.8) is 0 Å². The Labute approximate surface area is 202 Å². The zero-order chi connectivity index (χ0) is 23.9. The molecule has 7 nitrogen and oxygen atoms in total. The summed E-state index contributed by atoms with van der Waals surface area (Å²) in [7, 11) is 0. The zero-order valence-electron chi connectivity index (χ0n) is 18.3. The summed E-state index contributed by atoms with van der Waals surface area (Å²) in [5.74, 6) is 0.0597. The number of aliphatic hydroxyl groups is 1. The summed E-state index contributed by atoms with van der Waals surface area (Å²) in [6.45, 7) is 0.0824. The molecule has 176 valence electrons. The molecule has 3 aromatic carbocycles. The number of hydrogen-bond donors (Lipinski definition) is 3. The van der Waals surface area contributed by atoms with Gasteiger partial charge in [-0.1, -0.05) is 72.3 Å². The molecule has 1 heterocycles. The van der Waals surface area contributed by atoms with Gasteiger partial charge in [0.2, 0.25) is 12.2 Å². The van der Waals surface area contributed by atoms with Gasteiger partial charge in [-0.3, -0.25) is 4.79 Å². The van der Waals surface area contributed by atoms with Crippen molar-refractivity contribution in [2.24, 2.45) is 0 Å². The Morgan fingerprint density at radius 3 is 2.41 bits per heavy atom. The molecule has 0 saturated carbocycles. The number of benzene rings is 3. The number of carbonyl (C=O) groups is 2. The van der Waals surface area contributed by atoms with E-state index in [0.29, 0.717) is 17.2 Å². The second-order valence-corrected chi connectivity index (χ2v) is 8.46. The van der Waals surface area contributed by atoms with E-state index >= 15 is 0 Å². The minimum atomic E-state index is -1.24. The Kier molecular flexibility index (Phi) is 7.67. The summed E-state index contributed by atoms with van der Waals surface area (Å²) >= 11 is 6.07. The smallest absolute Gasteiger partial charge is 0.408 e. The molecular weight excluding hydrogens is 456 g/mol. The van der Waals surface area contributed by atoms with Crippen LogP contribution in [0.15, 0.2) is 78.9 Å². The average molecular weight is 481 g/mol. The van der Waals surface area contributed by atoms with Crippen LogP contribution in [-0.4, -0.2) is 35.5 Å². The first kappa shape index (κ1) is 23.6. The van der Waals surface area contributed by atoms with Crippen LogP contribution in [0.25, 0.3) is 0 Å². The van der Waals surface area contributed by atoms with Gasteiger partial charge in [0, 0.05) is 17.9 Å². The van der Waals surface area contributed by atoms with Crippen molar-refractivity contribution in [1.82, 2.24) is 10.6 Å². The van der Waals surface area contributed by atoms with Gasteiger partial charge in [-0.2, -0.15) is 0 Å². The Morgan fingerprint density at radius 2 is 1.71 bits per heavy atom. The fraction of sp³-hybridized carbons (Fsp3) is 0.231. The van der Waals surface area contributed by atoms with E-state index in [9.17, 15) is 14.7 Å². The molecule has 0 aromatic heterocycles. The first-order valence-electron chi connectivity index (χ1n) is 10.9. The largest absolute Gasteiger partial charge is 0.463 e. The molecule has 8 heteroatoms. The van der Waals surface area contributed by atoms with Gasteiger partial charge < -0.3 is 25.2 Å². The number of halogens is 1. The highest BCUT2D eigenvalue weighted by Gasteiger charge is 2.32. The van der Waals surface area contributed by atoms with E-state index in [0.717, 1.165) is 16.7 Å². The summed E-state index contributed by atoms with van der Waals surface area (Å²) in [6, 6.07) is 22.1. The summed E-state index contributed by atoms with van der Waals surface area (Å²) < 4.78 is 10.8. The van der Waals surface area contributed by atoms with Crippen LogP contribution in [0, 0.1) is 0 Å². The number of rotatable bonds is 7. The number of nitrogens with one attached hydrogen (secondary N) is 2. The first-order chi connectivity index (χ1) is 16.5. The highest BCUT2D eigenvalue weighted by molar-refractivity contribution is 6.30. The molecule has 0 saturated heterocycles. The van der Waals surface area contributed by atoms with Crippen molar-refractivity contribution in [2.45, 2.75) is 37.8 Å². The third-order valence-corrected chi connectivity index (χ3v) is 5.72. The van der Waals surface area contributed by atoms with Crippen LogP contribution in [0.3, 0.4) is 0 Å². The SMILES string of the molecule is O=C(N[C@@H](Cc1ccccc1)C(=O)N[C@H]1Cc2cc(Cl)ccc2OC1O)OCc1ccccc1. The van der Waals surface area contributed by atoms with Gasteiger partial charge in [0.05, 0.1) is 6.04 Å². The lowest BCUT2D eigenvalue weighted by Gasteiger charge is -2.32. The quantitative estimate of drug-likeness (QED) is 0.480. The maximum absolute atomic E-state index is 13.2. The predicted molar refractivity (Wildman–Crippen MR) is 127 cm³/mol. The minimum Gasteiger partial charge on any atom is -0.463 e. The molecule has 0 bridgehead atoms. The minimum absolute atomic E-state index is 0.0824. The third kappa shape index (κ3) is 6.27. The average Bonchev–Trinajstić information content (AvgIpc) is 2.84. The molecule has 0 spiro atoms. The Hall–Kier alpha value is -3.55. The predicted octanol–water partition coefficient (Wildman–Crippen LogP) is 3.62. The monoisotopic (exact) mass is 480 g/mol. The Bertz CT molecular complexity index is 1130. The number of aliphatic hydroxyl groups excluding tert-OH is 1. The molecule has 1 aliphatic rings. The van der Waals surface area contributed by atoms with E-state index in [2.05, 4.69) is 10.6 Å². The highest BCUT2D eigenvalue weighted by Crippen LogP contribution is 2.29. The molecule has 4 rings (SSSR count). The first-order valence-corrected chi connectivity index (χ1v) is 11.3. The van der Waals surface area contributed by atoms with Gasteiger partial charge in [0.25, 0.3) is 0 Å². The second-order valence-electron chi connectivity index (χ2n) is 8.03. The Morgan fingerprint density at radius 1 is 1.03 bits per heavy atom. The molecule has 3 aromatic rings. The van der Waals surface area contributed by atoms with E-state index in [4.69, 9.17) is 21.1 Å². The van der Waals surface area contributed by atoms with Crippen LogP contribution < -0.4 is 15.4 Å². The maximum atomic E-state index is 13.2. The van der Waals surface area contributed by atoms with Crippen LogP contribution in [0.4, 0.5) is 4.79 Å². The van der Waals surface area contributed by atoms with Crippen LogP contribution in [-0.2, 0) is 29.0 Å². The number of hydrogen-bond acceptors (Lipinski definition) is 5. The fourth-order valence-corrected chi connectivity index (χ4v) is 3.94. The van der Waals surface area contributed by atoms with Crippen molar-refractivity contribution in [3.05, 3.63) is 101 Å².